The molecule has 0 spiro atoms. The van der Waals surface area contributed by atoms with Crippen molar-refractivity contribution in [1.29, 1.82) is 0 Å². The maximum atomic E-state index is 13.3. The van der Waals surface area contributed by atoms with Gasteiger partial charge in [0.05, 0.1) is 0 Å². The number of pyridine rings is 1. The van der Waals surface area contributed by atoms with Crippen LogP contribution in [-0.2, 0) is 4.79 Å². The molecule has 6 nitrogen and oxygen atoms in total. The standard InChI is InChI=1S/C32H30N2O4S.Li.H/c1-22-8-6-7-11-26(22)28-20-23(14-16-27(28)31(35)34-29(32(36)37)18-19-39-2)12-13-24-15-17-30(33-21-24)38-25-9-4-3-5-10-25;;/h3-17,20-21,29H,18-19H2,1-2H3,(H,34,35)(H,36,37);;/q;+1;-1/t29-;;/m0../s1. The summed E-state index contributed by atoms with van der Waals surface area (Å²) in [6.07, 6.45) is 7.90. The van der Waals surface area contributed by atoms with Crippen molar-refractivity contribution in [2.45, 2.75) is 19.4 Å². The van der Waals surface area contributed by atoms with Crippen LogP contribution < -0.4 is 28.9 Å². The minimum absolute atomic E-state index is 0. The second-order valence-electron chi connectivity index (χ2n) is 8.94. The molecule has 8 heteroatoms. The monoisotopic (exact) mass is 546 g/mol. The van der Waals surface area contributed by atoms with Gasteiger partial charge in [-0.25, -0.2) is 9.78 Å². The Kier molecular flexibility index (Phi) is 11.6. The third-order valence-corrected chi connectivity index (χ3v) is 6.77. The predicted octanol–water partition coefficient (Wildman–Crippen LogP) is 4.07. The van der Waals surface area contributed by atoms with E-state index in [0.29, 0.717) is 23.6 Å². The molecule has 0 aliphatic heterocycles. The minimum atomic E-state index is -1.04. The molecule has 0 saturated heterocycles. The van der Waals surface area contributed by atoms with E-state index >= 15 is 0 Å². The van der Waals surface area contributed by atoms with E-state index in [-0.39, 0.29) is 20.3 Å². The minimum Gasteiger partial charge on any atom is -1.00 e. The number of para-hydroxylation sites is 1. The first-order valence-electron chi connectivity index (χ1n) is 12.5. The second-order valence-corrected chi connectivity index (χ2v) is 9.93. The molecule has 2 N–H and O–H groups in total. The van der Waals surface area contributed by atoms with Crippen molar-refractivity contribution >= 4 is 35.8 Å². The summed E-state index contributed by atoms with van der Waals surface area (Å²) in [5.41, 5.74) is 4.90. The van der Waals surface area contributed by atoms with Gasteiger partial charge in [-0.05, 0) is 83.5 Å². The van der Waals surface area contributed by atoms with Crippen molar-refractivity contribution in [3.63, 3.8) is 0 Å². The Morgan fingerprint density at radius 2 is 1.68 bits per heavy atom. The SMILES string of the molecule is CSCC[C@H](NC(=O)c1ccc(C=Cc2ccc(Oc3ccccc3)nc2)cc1-c1ccccc1C)C(=O)O.[H-].[Li+]. The van der Waals surface area contributed by atoms with Gasteiger partial charge in [0.25, 0.3) is 5.91 Å². The van der Waals surface area contributed by atoms with Crippen molar-refractivity contribution in [1.82, 2.24) is 10.3 Å². The van der Waals surface area contributed by atoms with Crippen LogP contribution in [0, 0.1) is 6.92 Å². The van der Waals surface area contributed by atoms with Crippen LogP contribution in [0.25, 0.3) is 23.3 Å². The molecule has 200 valence electrons. The third kappa shape index (κ3) is 8.37. The van der Waals surface area contributed by atoms with E-state index in [4.69, 9.17) is 4.74 Å². The molecule has 0 fully saturated rings. The Balaban J connectivity index is 0.00000294. The van der Waals surface area contributed by atoms with Gasteiger partial charge >= 0.3 is 24.8 Å². The summed E-state index contributed by atoms with van der Waals surface area (Å²) in [4.78, 5) is 29.4. The van der Waals surface area contributed by atoms with Crippen molar-refractivity contribution in [2.24, 2.45) is 0 Å². The Morgan fingerprint density at radius 1 is 0.975 bits per heavy atom. The fraction of sp³-hybridized carbons (Fsp3) is 0.156. The number of aryl methyl sites for hydroxylation is 1. The molecular weight excluding hydrogens is 515 g/mol. The van der Waals surface area contributed by atoms with Crippen molar-refractivity contribution in [3.8, 4) is 22.8 Å². The average molecular weight is 547 g/mol. The van der Waals surface area contributed by atoms with E-state index in [1.165, 1.54) is 0 Å². The number of carboxylic acid groups (broad SMARTS) is 1. The number of aromatic nitrogens is 1. The number of ether oxygens (including phenoxy) is 1. The van der Waals surface area contributed by atoms with E-state index in [0.717, 1.165) is 33.6 Å². The van der Waals surface area contributed by atoms with Crippen LogP contribution in [0.1, 0.15) is 34.9 Å². The molecule has 4 rings (SSSR count). The first-order valence-corrected chi connectivity index (χ1v) is 13.9. The van der Waals surface area contributed by atoms with Gasteiger partial charge in [-0.15, -0.1) is 0 Å². The molecule has 0 bridgehead atoms. The van der Waals surface area contributed by atoms with E-state index in [1.54, 1.807) is 24.0 Å². The fourth-order valence-electron chi connectivity index (χ4n) is 4.04. The number of carbonyl (C=O) groups excluding carboxylic acids is 1. The summed E-state index contributed by atoms with van der Waals surface area (Å²) >= 11 is 1.55. The van der Waals surface area contributed by atoms with Crippen molar-refractivity contribution < 1.29 is 39.7 Å². The van der Waals surface area contributed by atoms with Gasteiger partial charge in [0.1, 0.15) is 11.8 Å². The predicted molar refractivity (Wildman–Crippen MR) is 159 cm³/mol. The summed E-state index contributed by atoms with van der Waals surface area (Å²) in [5, 5.41) is 12.3. The van der Waals surface area contributed by atoms with Gasteiger partial charge in [-0.3, -0.25) is 4.79 Å². The molecule has 3 aromatic carbocycles. The van der Waals surface area contributed by atoms with Crippen LogP contribution in [0.5, 0.6) is 11.6 Å². The quantitative estimate of drug-likeness (QED) is 0.276. The maximum Gasteiger partial charge on any atom is 1.00 e. The fourth-order valence-corrected chi connectivity index (χ4v) is 4.51. The van der Waals surface area contributed by atoms with Gasteiger partial charge in [0, 0.05) is 17.8 Å². The van der Waals surface area contributed by atoms with Crippen molar-refractivity contribution in [2.75, 3.05) is 12.0 Å². The van der Waals surface area contributed by atoms with Crippen LogP contribution >= 0.6 is 11.8 Å². The topological polar surface area (TPSA) is 88.5 Å². The first kappa shape index (κ1) is 30.8. The summed E-state index contributed by atoms with van der Waals surface area (Å²) in [6, 6.07) is 25.7. The number of carbonyl (C=O) groups is 2. The third-order valence-electron chi connectivity index (χ3n) is 6.13. The summed E-state index contributed by atoms with van der Waals surface area (Å²) in [6.45, 7) is 1.99. The summed E-state index contributed by atoms with van der Waals surface area (Å²) < 4.78 is 5.76. The van der Waals surface area contributed by atoms with Crippen LogP contribution in [0.2, 0.25) is 0 Å². The molecule has 4 aromatic rings. The zero-order chi connectivity index (χ0) is 27.6. The number of carboxylic acids is 1. The molecule has 0 aliphatic carbocycles. The molecule has 0 aliphatic rings. The molecule has 1 aromatic heterocycles. The molecule has 1 amide bonds. The van der Waals surface area contributed by atoms with E-state index in [9.17, 15) is 14.7 Å². The zero-order valence-electron chi connectivity index (χ0n) is 23.8. The molecular formula is C32H31LiN2O4S. The maximum absolute atomic E-state index is 13.3. The number of hydrogen-bond donors (Lipinski definition) is 2. The molecule has 0 radical (unpaired) electrons. The van der Waals surface area contributed by atoms with Crippen LogP contribution in [0.3, 0.4) is 0 Å². The number of nitrogens with zero attached hydrogens (tertiary/aromatic N) is 1. The molecule has 0 saturated carbocycles. The first-order chi connectivity index (χ1) is 18.9. The number of benzene rings is 3. The summed E-state index contributed by atoms with van der Waals surface area (Å²) in [5.74, 6) is 0.423. The van der Waals surface area contributed by atoms with Gasteiger partial charge in [-0.1, -0.05) is 60.7 Å². The van der Waals surface area contributed by atoms with E-state index < -0.39 is 17.9 Å². The van der Waals surface area contributed by atoms with Gasteiger partial charge < -0.3 is 16.6 Å². The van der Waals surface area contributed by atoms with Gasteiger partial charge in [0.2, 0.25) is 5.88 Å². The number of hydrogen-bond acceptors (Lipinski definition) is 5. The number of thioether (sulfide) groups is 1. The Hall–Kier alpha value is -3.76. The summed E-state index contributed by atoms with van der Waals surface area (Å²) in [7, 11) is 0. The molecule has 1 atom stereocenters. The van der Waals surface area contributed by atoms with Gasteiger partial charge in [0.15, 0.2) is 0 Å². The van der Waals surface area contributed by atoms with Crippen LogP contribution in [0.15, 0.2) is 91.1 Å². The molecule has 40 heavy (non-hydrogen) atoms. The van der Waals surface area contributed by atoms with E-state index in [1.807, 2.05) is 104 Å². The number of aliphatic carboxylic acids is 1. The van der Waals surface area contributed by atoms with E-state index in [2.05, 4.69) is 10.3 Å². The number of rotatable bonds is 11. The molecule has 1 heterocycles. The van der Waals surface area contributed by atoms with Gasteiger partial charge in [-0.2, -0.15) is 11.8 Å². The van der Waals surface area contributed by atoms with Crippen LogP contribution in [-0.4, -0.2) is 40.0 Å². The molecule has 0 unspecified atom stereocenters. The second kappa shape index (κ2) is 15.1. The number of nitrogens with one attached hydrogen (secondary N) is 1. The Morgan fingerprint density at radius 3 is 2.35 bits per heavy atom. The normalized spacial score (nSPS) is 11.4. The largest absolute Gasteiger partial charge is 1.00 e. The smallest absolute Gasteiger partial charge is 1.00 e. The Labute approximate surface area is 252 Å². The average Bonchev–Trinajstić information content (AvgIpc) is 2.95. The van der Waals surface area contributed by atoms with Crippen molar-refractivity contribution in [3.05, 3.63) is 113 Å². The zero-order valence-corrected chi connectivity index (χ0v) is 23.7. The van der Waals surface area contributed by atoms with Crippen LogP contribution in [0.4, 0.5) is 0 Å². The Bertz CT molecular complexity index is 1470. The number of amides is 1.